The number of carbonyl (C=O) groups is 1. The molecule has 1 atom stereocenters. The van der Waals surface area contributed by atoms with E-state index < -0.39 is 0 Å². The van der Waals surface area contributed by atoms with E-state index in [4.69, 9.17) is 0 Å². The van der Waals surface area contributed by atoms with Crippen molar-refractivity contribution in [1.82, 2.24) is 15.3 Å². The summed E-state index contributed by atoms with van der Waals surface area (Å²) in [7, 11) is 0. The Morgan fingerprint density at radius 3 is 2.92 bits per heavy atom. The summed E-state index contributed by atoms with van der Waals surface area (Å²) >= 11 is 0. The number of hydrogen-bond donors (Lipinski definition) is 1. The first-order valence-electron chi connectivity index (χ1n) is 8.26. The lowest BCUT2D eigenvalue weighted by atomic mass is 9.97. The first kappa shape index (κ1) is 16.4. The minimum atomic E-state index is -0.246. The number of aromatic nitrogens is 2. The van der Waals surface area contributed by atoms with Crippen LogP contribution in [0, 0.1) is 11.7 Å². The largest absolute Gasteiger partial charge is 0.355 e. The summed E-state index contributed by atoms with van der Waals surface area (Å²) in [6.45, 7) is 2.02. The lowest BCUT2D eigenvalue weighted by Gasteiger charge is -2.31. The van der Waals surface area contributed by atoms with E-state index in [9.17, 15) is 9.18 Å². The van der Waals surface area contributed by atoms with Gasteiger partial charge in [-0.15, -0.1) is 0 Å². The third-order valence-electron chi connectivity index (χ3n) is 4.23. The average molecular weight is 328 g/mol. The van der Waals surface area contributed by atoms with Gasteiger partial charge in [0.05, 0.1) is 5.92 Å². The van der Waals surface area contributed by atoms with Crippen molar-refractivity contribution in [2.45, 2.75) is 19.3 Å². The van der Waals surface area contributed by atoms with Crippen LogP contribution in [-0.2, 0) is 11.2 Å². The molecule has 1 saturated heterocycles. The Bertz CT molecular complexity index is 680. The van der Waals surface area contributed by atoms with Crippen molar-refractivity contribution in [1.29, 1.82) is 0 Å². The summed E-state index contributed by atoms with van der Waals surface area (Å²) in [5.41, 5.74) is 0.887. The Morgan fingerprint density at radius 2 is 2.12 bits per heavy atom. The Labute approximate surface area is 140 Å². The van der Waals surface area contributed by atoms with Crippen LogP contribution < -0.4 is 10.2 Å². The maximum atomic E-state index is 13.1. The van der Waals surface area contributed by atoms with Gasteiger partial charge in [0.25, 0.3) is 0 Å². The summed E-state index contributed by atoms with van der Waals surface area (Å²) in [5, 5.41) is 2.96. The van der Waals surface area contributed by atoms with Gasteiger partial charge in [-0.2, -0.15) is 0 Å². The smallest absolute Gasteiger partial charge is 0.225 e. The zero-order valence-corrected chi connectivity index (χ0v) is 13.5. The third kappa shape index (κ3) is 4.28. The molecule has 1 aromatic heterocycles. The van der Waals surface area contributed by atoms with Crippen molar-refractivity contribution in [3.63, 3.8) is 0 Å². The fourth-order valence-electron chi connectivity index (χ4n) is 2.99. The maximum absolute atomic E-state index is 13.1. The van der Waals surface area contributed by atoms with Crippen LogP contribution >= 0.6 is 0 Å². The predicted octanol–water partition coefficient (Wildman–Crippen LogP) is 2.19. The molecule has 1 fully saturated rings. The molecular formula is C18H21FN4O. The van der Waals surface area contributed by atoms with Gasteiger partial charge in [0.1, 0.15) is 5.82 Å². The molecule has 1 aliphatic heterocycles. The third-order valence-corrected chi connectivity index (χ3v) is 4.23. The molecule has 6 heteroatoms. The molecule has 2 heterocycles. The molecule has 0 saturated carbocycles. The van der Waals surface area contributed by atoms with E-state index in [1.807, 2.05) is 6.07 Å². The van der Waals surface area contributed by atoms with Crippen LogP contribution in [-0.4, -0.2) is 35.5 Å². The summed E-state index contributed by atoms with van der Waals surface area (Å²) in [4.78, 5) is 22.9. The number of hydrogen-bond acceptors (Lipinski definition) is 4. The number of nitrogens with one attached hydrogen (secondary N) is 1. The zero-order chi connectivity index (χ0) is 16.8. The lowest BCUT2D eigenvalue weighted by molar-refractivity contribution is -0.125. The van der Waals surface area contributed by atoms with Gasteiger partial charge in [-0.3, -0.25) is 4.79 Å². The second-order valence-electron chi connectivity index (χ2n) is 6.00. The number of nitrogens with zero attached hydrogens (tertiary/aromatic N) is 3. The van der Waals surface area contributed by atoms with E-state index in [0.29, 0.717) is 25.5 Å². The molecule has 24 heavy (non-hydrogen) atoms. The minimum absolute atomic E-state index is 0.0482. The van der Waals surface area contributed by atoms with Gasteiger partial charge < -0.3 is 10.2 Å². The number of benzene rings is 1. The van der Waals surface area contributed by atoms with Crippen molar-refractivity contribution in [3.05, 3.63) is 54.1 Å². The Balaban J connectivity index is 1.49. The summed E-state index contributed by atoms with van der Waals surface area (Å²) in [6, 6.07) is 8.26. The normalized spacial score (nSPS) is 17.5. The molecule has 2 aromatic rings. The minimum Gasteiger partial charge on any atom is -0.355 e. The van der Waals surface area contributed by atoms with Crippen LogP contribution in [0.15, 0.2) is 42.7 Å². The Morgan fingerprint density at radius 1 is 1.29 bits per heavy atom. The van der Waals surface area contributed by atoms with E-state index >= 15 is 0 Å². The van der Waals surface area contributed by atoms with Gasteiger partial charge >= 0.3 is 0 Å². The number of piperidine rings is 1. The molecule has 0 aliphatic carbocycles. The summed E-state index contributed by atoms with van der Waals surface area (Å²) in [6.07, 6.45) is 5.87. The van der Waals surface area contributed by atoms with Gasteiger partial charge in [-0.25, -0.2) is 14.4 Å². The highest BCUT2D eigenvalue weighted by molar-refractivity contribution is 5.79. The SMILES string of the molecule is O=C(NCCc1cccc(F)c1)C1CCCN(c2ncccn2)C1. The van der Waals surface area contributed by atoms with Gasteiger partial charge in [0.15, 0.2) is 0 Å². The van der Waals surface area contributed by atoms with Crippen molar-refractivity contribution in [2.24, 2.45) is 5.92 Å². The number of amides is 1. The van der Waals surface area contributed by atoms with Crippen molar-refractivity contribution >= 4 is 11.9 Å². The molecule has 1 N–H and O–H groups in total. The molecule has 0 bridgehead atoms. The van der Waals surface area contributed by atoms with Gasteiger partial charge in [0, 0.05) is 32.0 Å². The maximum Gasteiger partial charge on any atom is 0.225 e. The van der Waals surface area contributed by atoms with E-state index in [0.717, 1.165) is 24.9 Å². The van der Waals surface area contributed by atoms with Gasteiger partial charge in [-0.05, 0) is 43.0 Å². The standard InChI is InChI=1S/C18H21FN4O/c19-16-6-1-4-14(12-16)7-10-20-17(24)15-5-2-11-23(13-15)18-21-8-3-9-22-18/h1,3-4,6,8-9,12,15H,2,5,7,10-11,13H2,(H,20,24). The zero-order valence-electron chi connectivity index (χ0n) is 13.5. The van der Waals surface area contributed by atoms with E-state index in [1.54, 1.807) is 24.5 Å². The highest BCUT2D eigenvalue weighted by Gasteiger charge is 2.26. The molecule has 5 nitrogen and oxygen atoms in total. The van der Waals surface area contributed by atoms with Crippen LogP contribution in [0.2, 0.25) is 0 Å². The molecule has 1 aromatic carbocycles. The summed E-state index contributed by atoms with van der Waals surface area (Å²) in [5.74, 6) is 0.418. The first-order chi connectivity index (χ1) is 11.7. The van der Waals surface area contributed by atoms with Crippen LogP contribution in [0.3, 0.4) is 0 Å². The average Bonchev–Trinajstić information content (AvgIpc) is 2.62. The topological polar surface area (TPSA) is 58.1 Å². The highest BCUT2D eigenvalue weighted by atomic mass is 19.1. The van der Waals surface area contributed by atoms with Crippen molar-refractivity contribution < 1.29 is 9.18 Å². The van der Waals surface area contributed by atoms with Crippen LogP contribution in [0.5, 0.6) is 0 Å². The molecule has 1 aliphatic rings. The molecule has 0 radical (unpaired) electrons. The molecule has 3 rings (SSSR count). The molecule has 1 amide bonds. The fraction of sp³-hybridized carbons (Fsp3) is 0.389. The second kappa shape index (κ2) is 7.86. The van der Waals surface area contributed by atoms with Crippen LogP contribution in [0.25, 0.3) is 0 Å². The van der Waals surface area contributed by atoms with Gasteiger partial charge in [-0.1, -0.05) is 12.1 Å². The van der Waals surface area contributed by atoms with E-state index in [-0.39, 0.29) is 17.6 Å². The monoisotopic (exact) mass is 328 g/mol. The highest BCUT2D eigenvalue weighted by Crippen LogP contribution is 2.20. The number of halogens is 1. The number of anilines is 1. The van der Waals surface area contributed by atoms with Gasteiger partial charge in [0.2, 0.25) is 11.9 Å². The first-order valence-corrected chi connectivity index (χ1v) is 8.26. The number of carbonyl (C=O) groups excluding carboxylic acids is 1. The molecule has 126 valence electrons. The molecule has 1 unspecified atom stereocenters. The number of rotatable bonds is 5. The van der Waals surface area contributed by atoms with E-state index in [1.165, 1.54) is 12.1 Å². The quantitative estimate of drug-likeness (QED) is 0.914. The predicted molar refractivity (Wildman–Crippen MR) is 90.1 cm³/mol. The molecule has 0 spiro atoms. The molecular weight excluding hydrogens is 307 g/mol. The fourth-order valence-corrected chi connectivity index (χ4v) is 2.99. The lowest BCUT2D eigenvalue weighted by Crippen LogP contribution is -2.44. The van der Waals surface area contributed by atoms with Crippen LogP contribution in [0.1, 0.15) is 18.4 Å². The second-order valence-corrected chi connectivity index (χ2v) is 6.00. The van der Waals surface area contributed by atoms with E-state index in [2.05, 4.69) is 20.2 Å². The summed E-state index contributed by atoms with van der Waals surface area (Å²) < 4.78 is 13.1. The van der Waals surface area contributed by atoms with Crippen molar-refractivity contribution in [3.8, 4) is 0 Å². The van der Waals surface area contributed by atoms with Crippen LogP contribution in [0.4, 0.5) is 10.3 Å². The Hall–Kier alpha value is -2.50. The Kier molecular flexibility index (Phi) is 5.36. The van der Waals surface area contributed by atoms with Crippen molar-refractivity contribution in [2.75, 3.05) is 24.5 Å².